The molecule has 1 aliphatic carbocycles. The molecule has 0 spiro atoms. The van der Waals surface area contributed by atoms with Crippen molar-refractivity contribution in [3.8, 4) is 11.3 Å². The van der Waals surface area contributed by atoms with Crippen molar-refractivity contribution in [2.75, 3.05) is 10.6 Å². The predicted octanol–water partition coefficient (Wildman–Crippen LogP) is 7.07. The predicted molar refractivity (Wildman–Crippen MR) is 142 cm³/mol. The number of benzene rings is 1. The Hall–Kier alpha value is -2.47. The lowest BCUT2D eigenvalue weighted by Crippen LogP contribution is -2.26. The normalized spacial score (nSPS) is 18.1. The van der Waals surface area contributed by atoms with Crippen molar-refractivity contribution in [1.29, 1.82) is 0 Å². The minimum atomic E-state index is -0.821. The number of hydrogen-bond donors (Lipinski definition) is 1. The first-order valence-electron chi connectivity index (χ1n) is 11.9. The van der Waals surface area contributed by atoms with Crippen LogP contribution in [0, 0.1) is 25.1 Å². The van der Waals surface area contributed by atoms with E-state index in [0.717, 1.165) is 64.0 Å². The second kappa shape index (κ2) is 8.95. The van der Waals surface area contributed by atoms with Crippen LogP contribution in [0.1, 0.15) is 74.8 Å². The first kappa shape index (κ1) is 24.6. The molecule has 0 bridgehead atoms. The average molecular weight is 483 g/mol. The lowest BCUT2D eigenvalue weighted by molar-refractivity contribution is -0.136. The molecule has 2 heterocycles. The maximum absolute atomic E-state index is 14.2. The van der Waals surface area contributed by atoms with Crippen molar-refractivity contribution < 1.29 is 14.3 Å². The molecule has 1 aromatic carbocycles. The van der Waals surface area contributed by atoms with Crippen LogP contribution in [0.2, 0.25) is 0 Å². The summed E-state index contributed by atoms with van der Waals surface area (Å²) in [6.07, 6.45) is 6.43. The zero-order chi connectivity index (χ0) is 24.9. The van der Waals surface area contributed by atoms with E-state index < -0.39 is 5.97 Å². The van der Waals surface area contributed by atoms with Crippen LogP contribution in [-0.2, 0) is 17.8 Å². The van der Waals surface area contributed by atoms with E-state index >= 15 is 0 Å². The summed E-state index contributed by atoms with van der Waals surface area (Å²) < 4.78 is 16.5. The number of carboxylic acids is 1. The molecule has 0 fully saturated rings. The number of fused-ring (bicyclic) bond motifs is 3. The number of anilines is 1. The van der Waals surface area contributed by atoms with Gasteiger partial charge in [0.2, 0.25) is 0 Å². The molecule has 1 aromatic heterocycles. The van der Waals surface area contributed by atoms with Crippen molar-refractivity contribution in [2.24, 2.45) is 5.41 Å². The van der Waals surface area contributed by atoms with Gasteiger partial charge in [-0.15, -0.1) is 10.7 Å². The van der Waals surface area contributed by atoms with E-state index in [2.05, 4.69) is 55.5 Å². The van der Waals surface area contributed by atoms with Crippen molar-refractivity contribution in [2.45, 2.75) is 73.8 Å². The molecule has 34 heavy (non-hydrogen) atoms. The highest BCUT2D eigenvalue weighted by Gasteiger charge is 2.34. The Morgan fingerprint density at radius 1 is 1.26 bits per heavy atom. The Morgan fingerprint density at radius 2 is 1.97 bits per heavy atom. The van der Waals surface area contributed by atoms with Gasteiger partial charge in [-0.2, -0.15) is 0 Å². The van der Waals surface area contributed by atoms with Gasteiger partial charge in [0, 0.05) is 11.1 Å². The van der Waals surface area contributed by atoms with E-state index in [1.807, 2.05) is 6.92 Å². The van der Waals surface area contributed by atoms with Crippen LogP contribution in [0.25, 0.3) is 16.8 Å². The number of aliphatic carboxylic acids is 1. The lowest BCUT2D eigenvalue weighted by atomic mass is 9.71. The molecule has 1 N–H and O–H groups in total. The third-order valence-corrected chi connectivity index (χ3v) is 9.15. The highest BCUT2D eigenvalue weighted by atomic mass is 32.2. The van der Waals surface area contributed by atoms with Gasteiger partial charge in [-0.3, -0.25) is 9.78 Å². The maximum atomic E-state index is 14.2. The van der Waals surface area contributed by atoms with E-state index in [9.17, 15) is 14.3 Å². The van der Waals surface area contributed by atoms with E-state index in [4.69, 9.17) is 0 Å². The zero-order valence-corrected chi connectivity index (χ0v) is 22.1. The third-order valence-electron chi connectivity index (χ3n) is 7.46. The average Bonchev–Trinajstić information content (AvgIpc) is 2.75. The van der Waals surface area contributed by atoms with Crippen molar-refractivity contribution >= 4 is 33.3 Å². The van der Waals surface area contributed by atoms with Crippen LogP contribution >= 0.6 is 10.7 Å². The summed E-state index contributed by atoms with van der Waals surface area (Å²) in [5.74, 6) is -1.15. The van der Waals surface area contributed by atoms with E-state index in [1.54, 1.807) is 6.07 Å². The van der Waals surface area contributed by atoms with Crippen LogP contribution in [0.15, 0.2) is 17.8 Å². The van der Waals surface area contributed by atoms with Crippen LogP contribution in [0.3, 0.4) is 0 Å². The summed E-state index contributed by atoms with van der Waals surface area (Å²) >= 11 is 0. The fraction of sp³-hybridized carbons (Fsp3) is 0.464. The molecular formula is C28H35FN2O2S. The quantitative estimate of drug-likeness (QED) is 0.474. The van der Waals surface area contributed by atoms with Gasteiger partial charge in [0.15, 0.2) is 0 Å². The van der Waals surface area contributed by atoms with Crippen LogP contribution in [0.5, 0.6) is 0 Å². The number of rotatable bonds is 4. The van der Waals surface area contributed by atoms with Crippen molar-refractivity contribution in [3.63, 3.8) is 0 Å². The Kier molecular flexibility index (Phi) is 6.49. The van der Waals surface area contributed by atoms with Crippen LogP contribution < -0.4 is 4.31 Å². The topological polar surface area (TPSA) is 53.4 Å². The van der Waals surface area contributed by atoms with Gasteiger partial charge in [0.05, 0.1) is 30.5 Å². The molecule has 0 saturated carbocycles. The Morgan fingerprint density at radius 3 is 2.59 bits per heavy atom. The minimum Gasteiger partial charge on any atom is -0.481 e. The Labute approximate surface area is 205 Å². The standard InChI is InChI=1S/C28H35FN2O2S/c1-8-34(7)31-15-19-11-20(29)14-30-26(19)25-18(4)24(21-9-10-28(5,6)13-16(21)2)22(12-23(32)33)17(3)27(25)31/h8,11,14H,9-10,12-13,15H2,1-7H3,(H,32,33). The molecule has 2 aromatic rings. The van der Waals surface area contributed by atoms with E-state index in [-0.39, 0.29) is 28.3 Å². The van der Waals surface area contributed by atoms with E-state index in [1.165, 1.54) is 17.3 Å². The third kappa shape index (κ3) is 4.21. The number of nitrogens with zero attached hydrogens (tertiary/aromatic N) is 2. The maximum Gasteiger partial charge on any atom is 0.307 e. The van der Waals surface area contributed by atoms with Crippen LogP contribution in [-0.4, -0.2) is 27.7 Å². The Bertz CT molecular complexity index is 1260. The number of hydrogen-bond acceptors (Lipinski definition) is 3. The molecule has 1 unspecified atom stereocenters. The van der Waals surface area contributed by atoms with Gasteiger partial charge in [-0.05, 0) is 97.9 Å². The molecule has 1 aliphatic heterocycles. The molecule has 0 radical (unpaired) electrons. The summed E-state index contributed by atoms with van der Waals surface area (Å²) in [7, 11) is -0.208. The SMILES string of the molecule is C/C=S(/C)N1Cc2cc(F)cnc2-c2c(C)c(C3=C(C)CC(C)(C)CC3)c(CC(=O)O)c(C)c21. The van der Waals surface area contributed by atoms with Crippen molar-refractivity contribution in [3.05, 3.63) is 51.5 Å². The van der Waals surface area contributed by atoms with Gasteiger partial charge in [-0.25, -0.2) is 4.39 Å². The second-order valence-corrected chi connectivity index (χ2v) is 12.4. The molecule has 4 nitrogen and oxygen atoms in total. The molecule has 2 aliphatic rings. The molecular weight excluding hydrogens is 447 g/mol. The summed E-state index contributed by atoms with van der Waals surface area (Å²) in [6.45, 7) is 13.5. The first-order valence-corrected chi connectivity index (χ1v) is 13.5. The monoisotopic (exact) mass is 482 g/mol. The smallest absolute Gasteiger partial charge is 0.307 e. The number of allylic oxidation sites excluding steroid dienone is 2. The molecule has 6 heteroatoms. The van der Waals surface area contributed by atoms with Gasteiger partial charge in [-0.1, -0.05) is 19.4 Å². The summed E-state index contributed by atoms with van der Waals surface area (Å²) in [5, 5.41) is 12.0. The minimum absolute atomic E-state index is 0.0136. The van der Waals surface area contributed by atoms with Crippen molar-refractivity contribution in [1.82, 2.24) is 4.98 Å². The molecule has 1 atom stereocenters. The van der Waals surface area contributed by atoms with Gasteiger partial charge >= 0.3 is 5.97 Å². The number of halogens is 1. The lowest BCUT2D eigenvalue weighted by Gasteiger charge is -2.39. The molecule has 182 valence electrons. The number of carbonyl (C=O) groups is 1. The Balaban J connectivity index is 2.11. The summed E-state index contributed by atoms with van der Waals surface area (Å²) in [4.78, 5) is 16.6. The molecule has 4 rings (SSSR count). The highest BCUT2D eigenvalue weighted by Crippen LogP contribution is 2.52. The molecule has 0 amide bonds. The van der Waals surface area contributed by atoms with Gasteiger partial charge < -0.3 is 9.41 Å². The van der Waals surface area contributed by atoms with Crippen LogP contribution in [0.4, 0.5) is 10.1 Å². The first-order chi connectivity index (χ1) is 15.9. The van der Waals surface area contributed by atoms with Gasteiger partial charge in [0.1, 0.15) is 5.82 Å². The second-order valence-electron chi connectivity index (χ2n) is 10.5. The van der Waals surface area contributed by atoms with Gasteiger partial charge in [0.25, 0.3) is 0 Å². The number of carboxylic acid groups (broad SMARTS) is 1. The number of aromatic nitrogens is 1. The summed E-state index contributed by atoms with van der Waals surface area (Å²) in [6, 6.07) is 1.60. The fourth-order valence-electron chi connectivity index (χ4n) is 5.79. The molecule has 0 saturated heterocycles. The van der Waals surface area contributed by atoms with E-state index in [0.29, 0.717) is 6.54 Å². The number of pyridine rings is 1. The fourth-order valence-corrected chi connectivity index (χ4v) is 6.90. The zero-order valence-electron chi connectivity index (χ0n) is 21.3. The largest absolute Gasteiger partial charge is 0.481 e. The summed E-state index contributed by atoms with van der Waals surface area (Å²) in [5.41, 5.74) is 10.7. The highest BCUT2D eigenvalue weighted by molar-refractivity contribution is 8.15.